The van der Waals surface area contributed by atoms with E-state index >= 15 is 0 Å². The Labute approximate surface area is 108 Å². The van der Waals surface area contributed by atoms with Crippen molar-refractivity contribution in [3.05, 3.63) is 48.0 Å². The Balaban J connectivity index is 2.61. The highest BCUT2D eigenvalue weighted by atomic mass is 16.3. The summed E-state index contributed by atoms with van der Waals surface area (Å²) in [7, 11) is 0. The summed E-state index contributed by atoms with van der Waals surface area (Å²) in [5.41, 5.74) is 2.45. The highest BCUT2D eigenvalue weighted by Gasteiger charge is 2.17. The number of phenolic OH excluding ortho intramolecular Hbond substituents is 2. The quantitative estimate of drug-likeness (QED) is 0.791. The monoisotopic (exact) mass is 242 g/mol. The number of hydrogen-bond acceptors (Lipinski definition) is 2. The lowest BCUT2D eigenvalue weighted by Gasteiger charge is -2.20. The van der Waals surface area contributed by atoms with Gasteiger partial charge in [-0.1, -0.05) is 45.0 Å². The minimum absolute atomic E-state index is 0.00680. The summed E-state index contributed by atoms with van der Waals surface area (Å²) >= 11 is 0. The summed E-state index contributed by atoms with van der Waals surface area (Å²) in [6, 6.07) is 12.6. The molecule has 0 atom stereocenters. The lowest BCUT2D eigenvalue weighted by Crippen LogP contribution is -2.10. The smallest absolute Gasteiger partial charge is 0.123 e. The van der Waals surface area contributed by atoms with E-state index in [-0.39, 0.29) is 16.9 Å². The topological polar surface area (TPSA) is 40.5 Å². The average Bonchev–Trinajstić information content (AvgIpc) is 2.29. The normalized spacial score (nSPS) is 11.5. The zero-order valence-corrected chi connectivity index (χ0v) is 10.9. The predicted octanol–water partition coefficient (Wildman–Crippen LogP) is 4.06. The molecule has 94 valence electrons. The minimum Gasteiger partial charge on any atom is -0.507 e. The molecule has 0 heterocycles. The van der Waals surface area contributed by atoms with Gasteiger partial charge in [0, 0.05) is 11.1 Å². The van der Waals surface area contributed by atoms with Crippen molar-refractivity contribution in [3.63, 3.8) is 0 Å². The molecule has 0 unspecified atom stereocenters. The zero-order chi connectivity index (χ0) is 13.3. The van der Waals surface area contributed by atoms with E-state index < -0.39 is 0 Å². The zero-order valence-electron chi connectivity index (χ0n) is 10.9. The Hall–Kier alpha value is -1.96. The van der Waals surface area contributed by atoms with Gasteiger partial charge >= 0.3 is 0 Å². The van der Waals surface area contributed by atoms with E-state index in [0.29, 0.717) is 11.1 Å². The highest BCUT2D eigenvalue weighted by Crippen LogP contribution is 2.37. The van der Waals surface area contributed by atoms with Gasteiger partial charge in [-0.15, -0.1) is 0 Å². The number of benzene rings is 2. The fourth-order valence-electron chi connectivity index (χ4n) is 1.92. The molecule has 0 amide bonds. The number of phenols is 2. The molecule has 0 saturated heterocycles. The molecule has 0 aliphatic heterocycles. The van der Waals surface area contributed by atoms with Gasteiger partial charge < -0.3 is 10.2 Å². The molecule has 0 bridgehead atoms. The third-order valence-electron chi connectivity index (χ3n) is 3.06. The fourth-order valence-corrected chi connectivity index (χ4v) is 1.92. The Morgan fingerprint density at radius 3 is 2.00 bits per heavy atom. The first-order valence-corrected chi connectivity index (χ1v) is 6.01. The second kappa shape index (κ2) is 4.37. The van der Waals surface area contributed by atoms with Crippen molar-refractivity contribution in [2.24, 2.45) is 0 Å². The molecule has 2 nitrogen and oxygen atoms in total. The maximum atomic E-state index is 9.97. The van der Waals surface area contributed by atoms with Gasteiger partial charge in [-0.2, -0.15) is 0 Å². The molecule has 2 aromatic rings. The Bertz CT molecular complexity index is 566. The fraction of sp³-hybridized carbons (Fsp3) is 0.250. The van der Waals surface area contributed by atoms with Gasteiger partial charge in [0.25, 0.3) is 0 Å². The Morgan fingerprint density at radius 1 is 0.778 bits per heavy atom. The number of rotatable bonds is 1. The summed E-state index contributed by atoms with van der Waals surface area (Å²) in [5, 5.41) is 19.8. The van der Waals surface area contributed by atoms with E-state index in [1.807, 2.05) is 18.2 Å². The molecule has 2 rings (SSSR count). The second-order valence-electron chi connectivity index (χ2n) is 5.50. The maximum Gasteiger partial charge on any atom is 0.123 e. The third-order valence-corrected chi connectivity index (χ3v) is 3.06. The van der Waals surface area contributed by atoms with Gasteiger partial charge in [0.2, 0.25) is 0 Å². The van der Waals surface area contributed by atoms with Gasteiger partial charge in [0.05, 0.1) is 0 Å². The lowest BCUT2D eigenvalue weighted by molar-refractivity contribution is 0.468. The first-order valence-electron chi connectivity index (χ1n) is 6.01. The molecule has 0 radical (unpaired) electrons. The van der Waals surface area contributed by atoms with E-state index in [9.17, 15) is 10.2 Å². The SMILES string of the molecule is CC(C)(C)c1ccc(O)c(-c2ccccc2O)c1. The Kier molecular flexibility index (Phi) is 3.04. The molecule has 0 saturated carbocycles. The van der Waals surface area contributed by atoms with Crippen LogP contribution in [0.1, 0.15) is 26.3 Å². The predicted molar refractivity (Wildman–Crippen MR) is 73.9 cm³/mol. The second-order valence-corrected chi connectivity index (χ2v) is 5.50. The first-order chi connectivity index (χ1) is 8.39. The largest absolute Gasteiger partial charge is 0.507 e. The van der Waals surface area contributed by atoms with Crippen molar-refractivity contribution in [2.45, 2.75) is 26.2 Å². The number of para-hydroxylation sites is 1. The molecule has 0 aliphatic carbocycles. The van der Waals surface area contributed by atoms with Gasteiger partial charge in [-0.3, -0.25) is 0 Å². The average molecular weight is 242 g/mol. The summed E-state index contributed by atoms with van der Waals surface area (Å²) in [6.07, 6.45) is 0. The van der Waals surface area contributed by atoms with Crippen LogP contribution in [0.2, 0.25) is 0 Å². The van der Waals surface area contributed by atoms with Crippen molar-refractivity contribution >= 4 is 0 Å². The van der Waals surface area contributed by atoms with Crippen LogP contribution < -0.4 is 0 Å². The van der Waals surface area contributed by atoms with Crippen LogP contribution in [0.5, 0.6) is 11.5 Å². The van der Waals surface area contributed by atoms with Crippen LogP contribution in [-0.4, -0.2) is 10.2 Å². The van der Waals surface area contributed by atoms with E-state index in [1.165, 1.54) is 0 Å². The molecule has 0 aliphatic rings. The first kappa shape index (κ1) is 12.5. The van der Waals surface area contributed by atoms with Crippen LogP contribution >= 0.6 is 0 Å². The lowest BCUT2D eigenvalue weighted by atomic mass is 9.85. The molecule has 2 N–H and O–H groups in total. The van der Waals surface area contributed by atoms with Crippen LogP contribution in [0.25, 0.3) is 11.1 Å². The summed E-state index contributed by atoms with van der Waals surface area (Å²) < 4.78 is 0. The molecule has 18 heavy (non-hydrogen) atoms. The van der Waals surface area contributed by atoms with Crippen molar-refractivity contribution in [3.8, 4) is 22.6 Å². The number of aromatic hydroxyl groups is 2. The maximum absolute atomic E-state index is 9.97. The van der Waals surface area contributed by atoms with Crippen LogP contribution in [-0.2, 0) is 5.41 Å². The molecule has 0 fully saturated rings. The molecule has 0 aromatic heterocycles. The molecule has 0 spiro atoms. The van der Waals surface area contributed by atoms with Crippen LogP contribution in [0, 0.1) is 0 Å². The molecule has 2 aromatic carbocycles. The summed E-state index contributed by atoms with van der Waals surface area (Å²) in [4.78, 5) is 0. The molecule has 2 heteroatoms. The van der Waals surface area contributed by atoms with Gasteiger partial charge in [0.15, 0.2) is 0 Å². The van der Waals surface area contributed by atoms with Crippen molar-refractivity contribution in [1.82, 2.24) is 0 Å². The molecular formula is C16H18O2. The highest BCUT2D eigenvalue weighted by molar-refractivity contribution is 5.75. The third kappa shape index (κ3) is 2.33. The molecular weight excluding hydrogens is 224 g/mol. The van der Waals surface area contributed by atoms with Crippen LogP contribution in [0.4, 0.5) is 0 Å². The van der Waals surface area contributed by atoms with E-state index in [2.05, 4.69) is 20.8 Å². The minimum atomic E-state index is 0.00680. The van der Waals surface area contributed by atoms with Gasteiger partial charge in [-0.25, -0.2) is 0 Å². The Morgan fingerprint density at radius 2 is 1.39 bits per heavy atom. The van der Waals surface area contributed by atoms with Crippen molar-refractivity contribution in [1.29, 1.82) is 0 Å². The van der Waals surface area contributed by atoms with E-state index in [4.69, 9.17) is 0 Å². The van der Waals surface area contributed by atoms with Crippen LogP contribution in [0.15, 0.2) is 42.5 Å². The van der Waals surface area contributed by atoms with E-state index in [0.717, 1.165) is 5.56 Å². The van der Waals surface area contributed by atoms with E-state index in [1.54, 1.807) is 24.3 Å². The van der Waals surface area contributed by atoms with Crippen LogP contribution in [0.3, 0.4) is 0 Å². The summed E-state index contributed by atoms with van der Waals surface area (Å²) in [5.74, 6) is 0.364. The van der Waals surface area contributed by atoms with Crippen molar-refractivity contribution in [2.75, 3.05) is 0 Å². The van der Waals surface area contributed by atoms with Crippen molar-refractivity contribution < 1.29 is 10.2 Å². The standard InChI is InChI=1S/C16H18O2/c1-16(2,3)11-8-9-15(18)13(10-11)12-6-4-5-7-14(12)17/h4-10,17-18H,1-3H3. The van der Waals surface area contributed by atoms with Gasteiger partial charge in [-0.05, 0) is 29.2 Å². The van der Waals surface area contributed by atoms with Gasteiger partial charge in [0.1, 0.15) is 11.5 Å². The number of hydrogen-bond donors (Lipinski definition) is 2. The summed E-state index contributed by atoms with van der Waals surface area (Å²) in [6.45, 7) is 6.36.